The highest BCUT2D eigenvalue weighted by Crippen LogP contribution is 2.41. The molecule has 0 aliphatic carbocycles. The third-order valence-corrected chi connectivity index (χ3v) is 11.3. The van der Waals surface area contributed by atoms with Gasteiger partial charge in [-0.2, -0.15) is 0 Å². The number of aromatic nitrogens is 5. The van der Waals surface area contributed by atoms with Crippen molar-refractivity contribution >= 4 is 53.6 Å². The highest BCUT2D eigenvalue weighted by Gasteiger charge is 2.20. The monoisotopic (exact) mass is 735 g/mol. The Bertz CT molecular complexity index is 3190. The minimum absolute atomic E-state index is 0.584. The van der Waals surface area contributed by atoms with Crippen molar-refractivity contribution in [2.75, 3.05) is 0 Å². The van der Waals surface area contributed by atoms with Gasteiger partial charge in [0.2, 0.25) is 0 Å². The molecule has 0 bridgehead atoms. The maximum Gasteiger partial charge on any atom is 0.164 e. The lowest BCUT2D eigenvalue weighted by molar-refractivity contribution is 0.669. The normalized spacial score (nSPS) is 11.6. The second-order valence-electron chi connectivity index (χ2n) is 13.6. The smallest absolute Gasteiger partial charge is 0.164 e. The molecule has 0 amide bonds. The average molecular weight is 736 g/mol. The third kappa shape index (κ3) is 5.52. The van der Waals surface area contributed by atoms with Crippen LogP contribution in [-0.4, -0.2) is 24.9 Å². The summed E-state index contributed by atoms with van der Waals surface area (Å²) in [6.07, 6.45) is 0. The first-order valence-electron chi connectivity index (χ1n) is 18.4. The van der Waals surface area contributed by atoms with Gasteiger partial charge in [-0.3, -0.25) is 0 Å². The fourth-order valence-corrected chi connectivity index (χ4v) is 8.62. The van der Waals surface area contributed by atoms with Gasteiger partial charge in [0.1, 0.15) is 11.2 Å². The van der Waals surface area contributed by atoms with Gasteiger partial charge in [0.15, 0.2) is 23.3 Å². The van der Waals surface area contributed by atoms with E-state index < -0.39 is 0 Å². The van der Waals surface area contributed by atoms with Crippen LogP contribution in [0.5, 0.6) is 0 Å². The Morgan fingerprint density at radius 1 is 0.375 bits per heavy atom. The van der Waals surface area contributed by atoms with Crippen LogP contribution in [0.25, 0.3) is 110 Å². The molecule has 0 unspecified atom stereocenters. The molecule has 7 heteroatoms. The van der Waals surface area contributed by atoms with Crippen molar-refractivity contribution in [2.45, 2.75) is 0 Å². The zero-order chi connectivity index (χ0) is 37.0. The van der Waals surface area contributed by atoms with Crippen molar-refractivity contribution < 1.29 is 4.42 Å². The van der Waals surface area contributed by atoms with Crippen LogP contribution in [0, 0.1) is 0 Å². The lowest BCUT2D eigenvalue weighted by Crippen LogP contribution is -2.00. The number of thiophene rings is 1. The van der Waals surface area contributed by atoms with Crippen molar-refractivity contribution in [1.29, 1.82) is 0 Å². The first-order valence-corrected chi connectivity index (χ1v) is 19.2. The number of nitrogens with zero attached hydrogens (tertiary/aromatic N) is 5. The van der Waals surface area contributed by atoms with Crippen LogP contribution >= 0.6 is 11.3 Å². The van der Waals surface area contributed by atoms with E-state index in [0.29, 0.717) is 23.3 Å². The van der Waals surface area contributed by atoms with Gasteiger partial charge in [-0.15, -0.1) is 11.3 Å². The summed E-state index contributed by atoms with van der Waals surface area (Å²) in [4.78, 5) is 25.4. The molecule has 0 atom stereocenters. The Morgan fingerprint density at radius 3 is 1.71 bits per heavy atom. The van der Waals surface area contributed by atoms with Gasteiger partial charge in [-0.05, 0) is 41.5 Å². The standard InChI is InChI=1S/C49H29N5OS/c1-4-14-30(15-5-1)43-45-44(36-22-10-11-25-41(36)56-45)51-48(50-43)35-21-12-20-33(28-35)34-26-27-39-38(29-34)42-37(23-13-24-40(42)55-39)49-53-46(31-16-6-2-7-17-31)52-47(54-49)32-18-8-3-9-19-32/h1-29H. The van der Waals surface area contributed by atoms with Crippen molar-refractivity contribution in [3.8, 4) is 67.9 Å². The summed E-state index contributed by atoms with van der Waals surface area (Å²) >= 11 is 1.74. The van der Waals surface area contributed by atoms with Gasteiger partial charge < -0.3 is 4.42 Å². The van der Waals surface area contributed by atoms with E-state index >= 15 is 0 Å². The molecule has 56 heavy (non-hydrogen) atoms. The number of furan rings is 1. The molecule has 0 aliphatic rings. The number of hydrogen-bond acceptors (Lipinski definition) is 7. The molecule has 0 aliphatic heterocycles. The number of fused-ring (bicyclic) bond motifs is 6. The van der Waals surface area contributed by atoms with E-state index in [0.717, 1.165) is 82.2 Å². The molecule has 11 rings (SSSR count). The fraction of sp³-hybridized carbons (Fsp3) is 0. The quantitative estimate of drug-likeness (QED) is 0.169. The molecule has 262 valence electrons. The number of benzene rings is 7. The van der Waals surface area contributed by atoms with Crippen molar-refractivity contribution in [3.05, 3.63) is 176 Å². The first kappa shape index (κ1) is 32.1. The van der Waals surface area contributed by atoms with E-state index in [9.17, 15) is 0 Å². The van der Waals surface area contributed by atoms with Crippen molar-refractivity contribution in [1.82, 2.24) is 24.9 Å². The van der Waals surface area contributed by atoms with Gasteiger partial charge in [0.05, 0.1) is 15.9 Å². The summed E-state index contributed by atoms with van der Waals surface area (Å²) in [7, 11) is 0. The Balaban J connectivity index is 1.06. The second kappa shape index (κ2) is 13.2. The van der Waals surface area contributed by atoms with E-state index in [4.69, 9.17) is 29.3 Å². The van der Waals surface area contributed by atoms with Gasteiger partial charge in [0.25, 0.3) is 0 Å². The van der Waals surface area contributed by atoms with Crippen LogP contribution in [0.3, 0.4) is 0 Å². The van der Waals surface area contributed by atoms with Gasteiger partial charge in [-0.25, -0.2) is 24.9 Å². The zero-order valence-corrected chi connectivity index (χ0v) is 30.6. The second-order valence-corrected chi connectivity index (χ2v) is 14.7. The van der Waals surface area contributed by atoms with Crippen LogP contribution in [0.15, 0.2) is 180 Å². The SMILES string of the molecule is c1ccc(-c2nc(-c3ccccc3)nc(-c3cccc4oc5ccc(-c6cccc(-c7nc(-c8ccccc8)c8sc9ccccc9c8n7)c6)cc5c34)n2)cc1. The molecule has 0 spiro atoms. The summed E-state index contributed by atoms with van der Waals surface area (Å²) in [5, 5.41) is 3.08. The fourth-order valence-electron chi connectivity index (χ4n) is 7.47. The van der Waals surface area contributed by atoms with Gasteiger partial charge >= 0.3 is 0 Å². The zero-order valence-electron chi connectivity index (χ0n) is 29.8. The summed E-state index contributed by atoms with van der Waals surface area (Å²) in [5.41, 5.74) is 10.3. The minimum atomic E-state index is 0.584. The highest BCUT2D eigenvalue weighted by atomic mass is 32.1. The molecular formula is C49H29N5OS. The minimum Gasteiger partial charge on any atom is -0.456 e. The first-order chi connectivity index (χ1) is 27.7. The molecule has 7 aromatic carbocycles. The molecule has 0 saturated carbocycles. The summed E-state index contributed by atoms with van der Waals surface area (Å²) in [6.45, 7) is 0. The van der Waals surface area contributed by atoms with E-state index in [1.54, 1.807) is 11.3 Å². The highest BCUT2D eigenvalue weighted by molar-refractivity contribution is 7.26. The summed E-state index contributed by atoms with van der Waals surface area (Å²) < 4.78 is 8.75. The summed E-state index contributed by atoms with van der Waals surface area (Å²) in [5.74, 6) is 2.50. The molecule has 0 radical (unpaired) electrons. The molecule has 0 saturated heterocycles. The van der Waals surface area contributed by atoms with Crippen LogP contribution in [0.2, 0.25) is 0 Å². The molecule has 0 N–H and O–H groups in total. The maximum atomic E-state index is 6.46. The molecular weight excluding hydrogens is 707 g/mol. The van der Waals surface area contributed by atoms with Crippen LogP contribution in [-0.2, 0) is 0 Å². The predicted octanol–water partition coefficient (Wildman–Crippen LogP) is 12.9. The molecule has 6 nitrogen and oxygen atoms in total. The van der Waals surface area contributed by atoms with Crippen LogP contribution < -0.4 is 0 Å². The van der Waals surface area contributed by atoms with Crippen molar-refractivity contribution in [3.63, 3.8) is 0 Å². The van der Waals surface area contributed by atoms with E-state index in [1.807, 2.05) is 84.9 Å². The van der Waals surface area contributed by atoms with Crippen LogP contribution in [0.1, 0.15) is 0 Å². The largest absolute Gasteiger partial charge is 0.456 e. The Morgan fingerprint density at radius 2 is 0.964 bits per heavy atom. The lowest BCUT2D eigenvalue weighted by atomic mass is 9.99. The lowest BCUT2D eigenvalue weighted by Gasteiger charge is -2.10. The molecule has 0 fully saturated rings. The predicted molar refractivity (Wildman–Crippen MR) is 228 cm³/mol. The number of hydrogen-bond donors (Lipinski definition) is 0. The molecule has 11 aromatic rings. The Hall–Kier alpha value is -7.35. The van der Waals surface area contributed by atoms with Crippen LogP contribution in [0.4, 0.5) is 0 Å². The maximum absolute atomic E-state index is 6.46. The van der Waals surface area contributed by atoms with E-state index in [-0.39, 0.29) is 0 Å². The van der Waals surface area contributed by atoms with E-state index in [1.165, 1.54) is 4.70 Å². The van der Waals surface area contributed by atoms with Crippen molar-refractivity contribution in [2.24, 2.45) is 0 Å². The van der Waals surface area contributed by atoms with Gasteiger partial charge in [0, 0.05) is 48.7 Å². The van der Waals surface area contributed by atoms with Gasteiger partial charge in [-0.1, -0.05) is 146 Å². The molecule has 4 aromatic heterocycles. The third-order valence-electron chi connectivity index (χ3n) is 10.2. The van der Waals surface area contributed by atoms with E-state index in [2.05, 4.69) is 91.0 Å². The Labute approximate surface area is 325 Å². The topological polar surface area (TPSA) is 77.6 Å². The summed E-state index contributed by atoms with van der Waals surface area (Å²) in [6, 6.07) is 59.8. The average Bonchev–Trinajstić information content (AvgIpc) is 3.85. The number of rotatable bonds is 6. The Kier molecular flexibility index (Phi) is 7.57. The molecule has 4 heterocycles.